The second-order valence-electron chi connectivity index (χ2n) is 6.56. The predicted octanol–water partition coefficient (Wildman–Crippen LogP) is 4.62. The second kappa shape index (κ2) is 6.60. The van der Waals surface area contributed by atoms with E-state index >= 15 is 0 Å². The first-order valence-corrected chi connectivity index (χ1v) is 9.72. The summed E-state index contributed by atoms with van der Waals surface area (Å²) >= 11 is 8.00. The summed E-state index contributed by atoms with van der Waals surface area (Å²) in [5.41, 5.74) is 4.41. The van der Waals surface area contributed by atoms with E-state index in [1.54, 1.807) is 6.07 Å². The van der Waals surface area contributed by atoms with E-state index in [0.29, 0.717) is 24.0 Å². The molecule has 3 nitrogen and oxygen atoms in total. The number of hydrogen-bond donors (Lipinski definition) is 2. The zero-order chi connectivity index (χ0) is 17.6. The fourth-order valence-electron chi connectivity index (χ4n) is 3.73. The quantitative estimate of drug-likeness (QED) is 0.701. The van der Waals surface area contributed by atoms with Crippen LogP contribution in [0.25, 0.3) is 10.9 Å². The number of thioether (sulfide) groups is 1. The number of aromatic hydroxyl groups is 1. The van der Waals surface area contributed by atoms with Gasteiger partial charge in [-0.25, -0.2) is 0 Å². The monoisotopic (exact) mass is 373 g/mol. The van der Waals surface area contributed by atoms with Crippen molar-refractivity contribution in [2.75, 3.05) is 6.61 Å². The Kier molecular flexibility index (Phi) is 4.44. The van der Waals surface area contributed by atoms with Crippen LogP contribution in [0.4, 0.5) is 0 Å². The fraction of sp³-hybridized carbons (Fsp3) is 0.300. The van der Waals surface area contributed by atoms with Crippen molar-refractivity contribution >= 4 is 34.3 Å². The summed E-state index contributed by atoms with van der Waals surface area (Å²) in [6, 6.07) is 11.7. The molecule has 4 rings (SSSR count). The van der Waals surface area contributed by atoms with Crippen molar-refractivity contribution in [1.82, 2.24) is 4.57 Å². The lowest BCUT2D eigenvalue weighted by Gasteiger charge is -2.20. The van der Waals surface area contributed by atoms with E-state index in [1.165, 1.54) is 4.90 Å². The van der Waals surface area contributed by atoms with Crippen LogP contribution in [0.15, 0.2) is 41.3 Å². The largest absolute Gasteiger partial charge is 0.508 e. The predicted molar refractivity (Wildman–Crippen MR) is 104 cm³/mol. The molecule has 0 saturated heterocycles. The maximum Gasteiger partial charge on any atom is 0.119 e. The van der Waals surface area contributed by atoms with E-state index in [0.717, 1.165) is 39.2 Å². The molecule has 130 valence electrons. The first-order valence-electron chi connectivity index (χ1n) is 8.46. The first-order chi connectivity index (χ1) is 12.1. The third-order valence-electron chi connectivity index (χ3n) is 4.76. The van der Waals surface area contributed by atoms with Gasteiger partial charge in [-0.2, -0.15) is 0 Å². The SMILES string of the molecule is CC1Cc2c(O)ccc3c2c(c(CCO)n3Cc2cccc(Cl)c2)S1. The minimum Gasteiger partial charge on any atom is -0.508 e. The molecule has 0 fully saturated rings. The number of phenolic OH excluding ortho intramolecular Hbond substituents is 1. The Morgan fingerprint density at radius 2 is 2.12 bits per heavy atom. The second-order valence-corrected chi connectivity index (χ2v) is 8.44. The van der Waals surface area contributed by atoms with Crippen LogP contribution < -0.4 is 0 Å². The van der Waals surface area contributed by atoms with Crippen LogP contribution in [0.1, 0.15) is 23.7 Å². The number of aromatic nitrogens is 1. The highest BCUT2D eigenvalue weighted by molar-refractivity contribution is 8.00. The van der Waals surface area contributed by atoms with Gasteiger partial charge in [-0.3, -0.25) is 0 Å². The van der Waals surface area contributed by atoms with Crippen molar-refractivity contribution < 1.29 is 10.2 Å². The van der Waals surface area contributed by atoms with Gasteiger partial charge in [-0.1, -0.05) is 30.7 Å². The highest BCUT2D eigenvalue weighted by Crippen LogP contribution is 2.46. The first kappa shape index (κ1) is 16.8. The van der Waals surface area contributed by atoms with Crippen molar-refractivity contribution in [3.8, 4) is 5.75 Å². The van der Waals surface area contributed by atoms with Crippen LogP contribution in [0.5, 0.6) is 5.75 Å². The zero-order valence-corrected chi connectivity index (χ0v) is 15.6. The van der Waals surface area contributed by atoms with Gasteiger partial charge in [0.05, 0.1) is 5.52 Å². The van der Waals surface area contributed by atoms with Crippen LogP contribution in [0.3, 0.4) is 0 Å². The average Bonchev–Trinajstić information content (AvgIpc) is 2.85. The van der Waals surface area contributed by atoms with E-state index in [9.17, 15) is 10.2 Å². The van der Waals surface area contributed by atoms with Crippen molar-refractivity contribution in [2.24, 2.45) is 0 Å². The van der Waals surface area contributed by atoms with Gasteiger partial charge in [0.1, 0.15) is 5.75 Å². The molecule has 2 aromatic carbocycles. The number of halogens is 1. The highest BCUT2D eigenvalue weighted by Gasteiger charge is 2.27. The number of aliphatic hydroxyl groups excluding tert-OH is 1. The molecule has 1 aliphatic rings. The lowest BCUT2D eigenvalue weighted by Crippen LogP contribution is -2.09. The Labute approximate surface area is 156 Å². The lowest BCUT2D eigenvalue weighted by atomic mass is 10.0. The van der Waals surface area contributed by atoms with Crippen LogP contribution in [0, 0.1) is 0 Å². The van der Waals surface area contributed by atoms with Crippen molar-refractivity contribution in [3.63, 3.8) is 0 Å². The van der Waals surface area contributed by atoms with Gasteiger partial charge < -0.3 is 14.8 Å². The molecule has 0 amide bonds. The Morgan fingerprint density at radius 3 is 2.88 bits per heavy atom. The van der Waals surface area contributed by atoms with Gasteiger partial charge in [0.15, 0.2) is 0 Å². The molecule has 0 bridgehead atoms. The number of phenols is 1. The molecule has 0 spiro atoms. The van der Waals surface area contributed by atoms with E-state index in [-0.39, 0.29) is 6.61 Å². The molecule has 1 atom stereocenters. The van der Waals surface area contributed by atoms with Crippen molar-refractivity contribution in [3.05, 3.63) is 58.2 Å². The van der Waals surface area contributed by atoms with Gasteiger partial charge in [-0.15, -0.1) is 11.8 Å². The molecule has 25 heavy (non-hydrogen) atoms. The van der Waals surface area contributed by atoms with Crippen LogP contribution in [0.2, 0.25) is 5.02 Å². The molecule has 0 radical (unpaired) electrons. The number of rotatable bonds is 4. The third-order valence-corrected chi connectivity index (χ3v) is 6.24. The smallest absolute Gasteiger partial charge is 0.119 e. The molecule has 1 aliphatic heterocycles. The van der Waals surface area contributed by atoms with Crippen molar-refractivity contribution in [2.45, 2.75) is 36.5 Å². The highest BCUT2D eigenvalue weighted by atomic mass is 35.5. The minimum atomic E-state index is 0.106. The molecule has 0 saturated carbocycles. The lowest BCUT2D eigenvalue weighted by molar-refractivity contribution is 0.296. The van der Waals surface area contributed by atoms with E-state index in [1.807, 2.05) is 36.0 Å². The van der Waals surface area contributed by atoms with Crippen LogP contribution in [-0.2, 0) is 19.4 Å². The van der Waals surface area contributed by atoms with E-state index in [2.05, 4.69) is 17.6 Å². The van der Waals surface area contributed by atoms with Crippen molar-refractivity contribution in [1.29, 1.82) is 0 Å². The van der Waals surface area contributed by atoms with Gasteiger partial charge in [-0.05, 0) is 36.2 Å². The molecular formula is C20H20ClNO2S. The average molecular weight is 374 g/mol. The third kappa shape index (κ3) is 2.92. The molecule has 0 aliphatic carbocycles. The number of benzene rings is 2. The number of aliphatic hydroxyl groups is 1. The maximum absolute atomic E-state index is 10.4. The zero-order valence-electron chi connectivity index (χ0n) is 14.0. The number of nitrogens with zero attached hydrogens (tertiary/aromatic N) is 1. The molecular weight excluding hydrogens is 354 g/mol. The summed E-state index contributed by atoms with van der Waals surface area (Å²) in [7, 11) is 0. The molecule has 2 heterocycles. The summed E-state index contributed by atoms with van der Waals surface area (Å²) in [4.78, 5) is 1.20. The summed E-state index contributed by atoms with van der Waals surface area (Å²) in [6.45, 7) is 2.99. The van der Waals surface area contributed by atoms with Gasteiger partial charge in [0, 0.05) is 51.4 Å². The number of hydrogen-bond acceptors (Lipinski definition) is 3. The molecule has 3 aromatic rings. The van der Waals surface area contributed by atoms with E-state index < -0.39 is 0 Å². The Morgan fingerprint density at radius 1 is 1.28 bits per heavy atom. The molecule has 1 aromatic heterocycles. The minimum absolute atomic E-state index is 0.106. The van der Waals surface area contributed by atoms with Gasteiger partial charge in [0.2, 0.25) is 0 Å². The molecule has 1 unspecified atom stereocenters. The standard InChI is InChI=1S/C20H20ClNO2S/c1-12-9-15-18(24)6-5-16-19(15)20(25-12)17(7-8-23)22(16)11-13-3-2-4-14(21)10-13/h2-6,10,12,23-24H,7-9,11H2,1H3. The summed E-state index contributed by atoms with van der Waals surface area (Å²) in [5, 5.41) is 22.2. The molecule has 2 N–H and O–H groups in total. The van der Waals surface area contributed by atoms with Gasteiger partial charge in [0.25, 0.3) is 0 Å². The Bertz CT molecular complexity index is 951. The Balaban J connectivity index is 1.94. The van der Waals surface area contributed by atoms with Crippen LogP contribution >= 0.6 is 23.4 Å². The summed E-state index contributed by atoms with van der Waals surface area (Å²) < 4.78 is 2.26. The fourth-order valence-corrected chi connectivity index (χ4v) is 5.29. The topological polar surface area (TPSA) is 45.4 Å². The molecule has 5 heteroatoms. The maximum atomic E-state index is 10.4. The normalized spacial score (nSPS) is 16.5. The van der Waals surface area contributed by atoms with Crippen LogP contribution in [-0.4, -0.2) is 26.6 Å². The summed E-state index contributed by atoms with van der Waals surface area (Å²) in [5.74, 6) is 0.372. The van der Waals surface area contributed by atoms with E-state index in [4.69, 9.17) is 11.6 Å². The van der Waals surface area contributed by atoms with Gasteiger partial charge >= 0.3 is 0 Å². The summed E-state index contributed by atoms with van der Waals surface area (Å²) in [6.07, 6.45) is 1.46. The Hall–Kier alpha value is -1.62.